The Morgan fingerprint density at radius 2 is 1.69 bits per heavy atom. The maximum Gasteiger partial charge on any atom is 0.154 e. The quantitative estimate of drug-likeness (QED) is 0.342. The van der Waals surface area contributed by atoms with Crippen molar-refractivity contribution in [1.29, 1.82) is 0 Å². The number of nitrogens with two attached hydrogens (primary N) is 2. The zero-order valence-corrected chi connectivity index (χ0v) is 15.4. The van der Waals surface area contributed by atoms with Crippen molar-refractivity contribution in [3.05, 3.63) is 47.5 Å². The highest BCUT2D eigenvalue weighted by molar-refractivity contribution is 5.54. The minimum absolute atomic E-state index is 0.468. The van der Waals surface area contributed by atoms with E-state index in [1.807, 2.05) is 30.3 Å². The van der Waals surface area contributed by atoms with E-state index < -0.39 is 6.29 Å². The number of hydrogen-bond acceptors (Lipinski definition) is 6. The lowest BCUT2D eigenvalue weighted by Crippen LogP contribution is -2.14. The second-order valence-corrected chi connectivity index (χ2v) is 6.15. The van der Waals surface area contributed by atoms with Crippen LogP contribution in [-0.4, -0.2) is 32.2 Å². The minimum Gasteiger partial charge on any atom is -0.497 e. The Morgan fingerprint density at radius 3 is 2.35 bits per heavy atom. The minimum atomic E-state index is -0.812. The molecule has 142 valence electrons. The molecule has 5 N–H and O–H groups in total. The van der Waals surface area contributed by atoms with Gasteiger partial charge in [-0.25, -0.2) is 0 Å². The Hall–Kier alpha value is -2.44. The highest BCUT2D eigenvalue weighted by atomic mass is 16.6. The smallest absolute Gasteiger partial charge is 0.154 e. The summed E-state index contributed by atoms with van der Waals surface area (Å²) >= 11 is 0. The molecule has 0 bridgehead atoms. The third kappa shape index (κ3) is 6.13. The van der Waals surface area contributed by atoms with Crippen LogP contribution in [0.25, 0.3) is 0 Å². The standard InChI is InChI=1S/C20H28N2O4/c1-24-18-7-5-15(19(13-18)25-2)6-8-20(23)26-9-3-4-14-10-16(21)12-17(22)11-14/h5,7,10-13,20,23H,3-4,6,8-9,21-22H2,1-2H3. The third-order valence-corrected chi connectivity index (χ3v) is 4.11. The van der Waals surface area contributed by atoms with Crippen molar-refractivity contribution in [2.24, 2.45) is 0 Å². The number of rotatable bonds is 10. The molecule has 0 spiro atoms. The number of hydrogen-bond donors (Lipinski definition) is 3. The van der Waals surface area contributed by atoms with E-state index in [0.717, 1.165) is 35.5 Å². The molecule has 26 heavy (non-hydrogen) atoms. The Bertz CT molecular complexity index is 686. The highest BCUT2D eigenvalue weighted by Crippen LogP contribution is 2.26. The average molecular weight is 360 g/mol. The number of nitrogen functional groups attached to an aromatic ring is 2. The van der Waals surface area contributed by atoms with E-state index in [2.05, 4.69) is 0 Å². The molecule has 0 saturated heterocycles. The Morgan fingerprint density at radius 1 is 0.962 bits per heavy atom. The first-order chi connectivity index (χ1) is 12.5. The summed E-state index contributed by atoms with van der Waals surface area (Å²) in [7, 11) is 3.23. The Balaban J connectivity index is 1.73. The van der Waals surface area contributed by atoms with Crippen molar-refractivity contribution in [3.63, 3.8) is 0 Å². The Labute approximate surface area is 154 Å². The fourth-order valence-electron chi connectivity index (χ4n) is 2.81. The van der Waals surface area contributed by atoms with E-state index in [0.29, 0.717) is 30.8 Å². The first kappa shape index (κ1) is 19.9. The molecule has 0 aliphatic rings. The van der Waals surface area contributed by atoms with E-state index in [1.54, 1.807) is 20.3 Å². The van der Waals surface area contributed by atoms with E-state index >= 15 is 0 Å². The summed E-state index contributed by atoms with van der Waals surface area (Å²) in [5.74, 6) is 1.49. The van der Waals surface area contributed by atoms with Crippen LogP contribution < -0.4 is 20.9 Å². The van der Waals surface area contributed by atoms with Gasteiger partial charge in [-0.15, -0.1) is 0 Å². The van der Waals surface area contributed by atoms with Crippen molar-refractivity contribution in [1.82, 2.24) is 0 Å². The number of anilines is 2. The zero-order chi connectivity index (χ0) is 18.9. The molecule has 2 aromatic rings. The first-order valence-electron chi connectivity index (χ1n) is 8.67. The SMILES string of the molecule is COc1ccc(CCC(O)OCCCc2cc(N)cc(N)c2)c(OC)c1. The van der Waals surface area contributed by atoms with Crippen molar-refractivity contribution in [2.75, 3.05) is 32.3 Å². The van der Waals surface area contributed by atoms with E-state index in [4.69, 9.17) is 25.7 Å². The molecule has 6 nitrogen and oxygen atoms in total. The second kappa shape index (κ2) is 9.89. The summed E-state index contributed by atoms with van der Waals surface area (Å²) in [6.07, 6.45) is 1.92. The predicted octanol–water partition coefficient (Wildman–Crippen LogP) is 2.77. The highest BCUT2D eigenvalue weighted by Gasteiger charge is 2.09. The predicted molar refractivity (Wildman–Crippen MR) is 103 cm³/mol. The van der Waals surface area contributed by atoms with E-state index in [9.17, 15) is 5.11 Å². The molecule has 6 heteroatoms. The summed E-state index contributed by atoms with van der Waals surface area (Å²) in [4.78, 5) is 0. The summed E-state index contributed by atoms with van der Waals surface area (Å²) in [5.41, 5.74) is 15.0. The van der Waals surface area contributed by atoms with Crippen LogP contribution in [0.5, 0.6) is 11.5 Å². The number of methoxy groups -OCH3 is 2. The van der Waals surface area contributed by atoms with Crippen LogP contribution in [0.3, 0.4) is 0 Å². The number of benzene rings is 2. The topological polar surface area (TPSA) is 100.0 Å². The molecule has 1 unspecified atom stereocenters. The number of aliphatic hydroxyl groups is 1. The van der Waals surface area contributed by atoms with Crippen LogP contribution in [-0.2, 0) is 17.6 Å². The van der Waals surface area contributed by atoms with Gasteiger partial charge in [-0.05, 0) is 54.7 Å². The maximum atomic E-state index is 10.0. The summed E-state index contributed by atoms with van der Waals surface area (Å²) in [6.45, 7) is 0.468. The van der Waals surface area contributed by atoms with Gasteiger partial charge in [0.05, 0.1) is 20.8 Å². The van der Waals surface area contributed by atoms with Crippen molar-refractivity contribution >= 4 is 11.4 Å². The van der Waals surface area contributed by atoms with Crippen LogP contribution in [0.2, 0.25) is 0 Å². The number of ether oxygens (including phenoxy) is 3. The van der Waals surface area contributed by atoms with Gasteiger partial charge in [0, 0.05) is 23.9 Å². The lowest BCUT2D eigenvalue weighted by Gasteiger charge is -2.14. The molecular weight excluding hydrogens is 332 g/mol. The van der Waals surface area contributed by atoms with E-state index in [1.165, 1.54) is 0 Å². The zero-order valence-electron chi connectivity index (χ0n) is 15.4. The van der Waals surface area contributed by atoms with Crippen molar-refractivity contribution in [3.8, 4) is 11.5 Å². The van der Waals surface area contributed by atoms with Crippen molar-refractivity contribution < 1.29 is 19.3 Å². The lowest BCUT2D eigenvalue weighted by atomic mass is 10.1. The van der Waals surface area contributed by atoms with Crippen LogP contribution in [0.4, 0.5) is 11.4 Å². The molecule has 0 saturated carbocycles. The van der Waals surface area contributed by atoms with Crippen LogP contribution in [0.15, 0.2) is 36.4 Å². The Kier molecular flexibility index (Phi) is 7.56. The molecule has 0 aromatic heterocycles. The molecule has 0 heterocycles. The number of aliphatic hydroxyl groups excluding tert-OH is 1. The fourth-order valence-corrected chi connectivity index (χ4v) is 2.81. The maximum absolute atomic E-state index is 10.0. The molecule has 0 fully saturated rings. The first-order valence-corrected chi connectivity index (χ1v) is 8.67. The average Bonchev–Trinajstić information content (AvgIpc) is 2.62. The van der Waals surface area contributed by atoms with Gasteiger partial charge in [0.2, 0.25) is 0 Å². The number of aryl methyl sites for hydroxylation is 2. The van der Waals surface area contributed by atoms with Gasteiger partial charge < -0.3 is 30.8 Å². The summed E-state index contributed by atoms with van der Waals surface area (Å²) in [5, 5.41) is 10.0. The molecule has 2 rings (SSSR count). The van der Waals surface area contributed by atoms with Gasteiger partial charge in [0.1, 0.15) is 11.5 Å². The van der Waals surface area contributed by atoms with Gasteiger partial charge in [-0.3, -0.25) is 0 Å². The van der Waals surface area contributed by atoms with Crippen LogP contribution >= 0.6 is 0 Å². The molecule has 0 amide bonds. The molecule has 2 aromatic carbocycles. The largest absolute Gasteiger partial charge is 0.497 e. The molecular formula is C20H28N2O4. The summed E-state index contributed by atoms with van der Waals surface area (Å²) < 4.78 is 16.0. The monoisotopic (exact) mass is 360 g/mol. The summed E-state index contributed by atoms with van der Waals surface area (Å²) in [6, 6.07) is 11.2. The van der Waals surface area contributed by atoms with Crippen molar-refractivity contribution in [2.45, 2.75) is 32.0 Å². The molecule has 1 atom stereocenters. The van der Waals surface area contributed by atoms with E-state index in [-0.39, 0.29) is 0 Å². The molecule has 0 aliphatic carbocycles. The normalized spacial score (nSPS) is 12.0. The van der Waals surface area contributed by atoms with Gasteiger partial charge in [0.15, 0.2) is 6.29 Å². The second-order valence-electron chi connectivity index (χ2n) is 6.15. The lowest BCUT2D eigenvalue weighted by molar-refractivity contribution is -0.103. The third-order valence-electron chi connectivity index (χ3n) is 4.11. The van der Waals surface area contributed by atoms with Crippen LogP contribution in [0, 0.1) is 0 Å². The van der Waals surface area contributed by atoms with Crippen LogP contribution in [0.1, 0.15) is 24.0 Å². The molecule has 0 aliphatic heterocycles. The van der Waals surface area contributed by atoms with Gasteiger partial charge >= 0.3 is 0 Å². The van der Waals surface area contributed by atoms with Gasteiger partial charge in [-0.1, -0.05) is 6.07 Å². The van der Waals surface area contributed by atoms with Gasteiger partial charge in [0.25, 0.3) is 0 Å². The fraction of sp³-hybridized carbons (Fsp3) is 0.400. The molecule has 0 radical (unpaired) electrons. The van der Waals surface area contributed by atoms with Gasteiger partial charge in [-0.2, -0.15) is 0 Å².